The molecule has 8 heteroatoms. The van der Waals surface area contributed by atoms with Crippen LogP contribution in [0.1, 0.15) is 46.4 Å². The second-order valence-electron chi connectivity index (χ2n) is 8.01. The summed E-state index contributed by atoms with van der Waals surface area (Å²) in [4.78, 5) is 21.0. The van der Waals surface area contributed by atoms with E-state index in [9.17, 15) is 4.79 Å². The Morgan fingerprint density at radius 3 is 2.85 bits per heavy atom. The van der Waals surface area contributed by atoms with Crippen molar-refractivity contribution < 1.29 is 4.79 Å². The summed E-state index contributed by atoms with van der Waals surface area (Å²) in [6, 6.07) is 9.66. The normalized spacial score (nSPS) is 14.0. The summed E-state index contributed by atoms with van der Waals surface area (Å²) in [5.74, 6) is 0.708. The molecule has 168 valence electrons. The molecule has 1 aromatic carbocycles. The Morgan fingerprint density at radius 2 is 2.06 bits per heavy atom. The number of aryl methyl sites for hydroxylation is 2. The molecule has 0 saturated heterocycles. The quantitative estimate of drug-likeness (QED) is 0.516. The molecule has 4 rings (SSSR count). The predicted octanol–water partition coefficient (Wildman–Crippen LogP) is 3.93. The molecule has 0 spiro atoms. The van der Waals surface area contributed by atoms with Gasteiger partial charge in [-0.1, -0.05) is 12.1 Å². The first kappa shape index (κ1) is 22.0. The highest BCUT2D eigenvalue weighted by Gasteiger charge is 2.12. The summed E-state index contributed by atoms with van der Waals surface area (Å²) in [7, 11) is 1.90. The van der Waals surface area contributed by atoms with Crippen molar-refractivity contribution in [3.05, 3.63) is 96.0 Å². The Hall–Kier alpha value is -4.20. The third kappa shape index (κ3) is 5.74. The van der Waals surface area contributed by atoms with Gasteiger partial charge in [0.25, 0.3) is 5.91 Å². The second-order valence-corrected chi connectivity index (χ2v) is 8.01. The Morgan fingerprint density at radius 1 is 1.18 bits per heavy atom. The highest BCUT2D eigenvalue weighted by Crippen LogP contribution is 2.22. The molecule has 1 aliphatic heterocycles. The van der Waals surface area contributed by atoms with Gasteiger partial charge in [-0.25, -0.2) is 4.99 Å². The number of amidine groups is 1. The molecule has 0 saturated carbocycles. The highest BCUT2D eigenvalue weighted by atomic mass is 16.1. The maximum atomic E-state index is 12.5. The Labute approximate surface area is 193 Å². The van der Waals surface area contributed by atoms with E-state index < -0.39 is 0 Å². The number of amides is 1. The van der Waals surface area contributed by atoms with Crippen LogP contribution < -0.4 is 16.0 Å². The molecule has 3 aromatic rings. The van der Waals surface area contributed by atoms with Gasteiger partial charge in [-0.2, -0.15) is 5.10 Å². The number of hydrogen-bond donors (Lipinski definition) is 3. The van der Waals surface area contributed by atoms with Gasteiger partial charge in [-0.3, -0.25) is 14.5 Å². The summed E-state index contributed by atoms with van der Waals surface area (Å²) in [6.45, 7) is 3.97. The lowest BCUT2D eigenvalue weighted by Gasteiger charge is -2.14. The van der Waals surface area contributed by atoms with E-state index in [2.05, 4.69) is 37.9 Å². The first-order chi connectivity index (χ1) is 16.0. The number of nitrogens with zero attached hydrogens (tertiary/aromatic N) is 4. The number of nitrogens with one attached hydrogen (secondary N) is 3. The van der Waals surface area contributed by atoms with Gasteiger partial charge in [0.1, 0.15) is 5.84 Å². The molecular formula is C25H27N7O. The molecule has 1 amide bonds. The summed E-state index contributed by atoms with van der Waals surface area (Å²) in [5.41, 5.74) is 5.50. The van der Waals surface area contributed by atoms with Crippen LogP contribution in [0.5, 0.6) is 0 Å². The van der Waals surface area contributed by atoms with Crippen molar-refractivity contribution in [3.8, 4) is 0 Å². The second kappa shape index (κ2) is 9.95. The minimum atomic E-state index is -0.176. The van der Waals surface area contributed by atoms with Crippen molar-refractivity contribution in [2.45, 2.75) is 26.3 Å². The fourth-order valence-corrected chi connectivity index (χ4v) is 3.47. The van der Waals surface area contributed by atoms with E-state index in [0.717, 1.165) is 40.2 Å². The number of carbonyl (C=O) groups excluding carboxylic acids is 1. The maximum absolute atomic E-state index is 12.5. The zero-order chi connectivity index (χ0) is 23.2. The number of aromatic nitrogens is 3. The zero-order valence-electron chi connectivity index (χ0n) is 18.9. The lowest BCUT2D eigenvalue weighted by atomic mass is 10.1. The molecule has 33 heavy (non-hydrogen) atoms. The molecular weight excluding hydrogens is 414 g/mol. The summed E-state index contributed by atoms with van der Waals surface area (Å²) in [5, 5.41) is 13.7. The van der Waals surface area contributed by atoms with Gasteiger partial charge in [0, 0.05) is 68.0 Å². The van der Waals surface area contributed by atoms with Gasteiger partial charge in [-0.05, 0) is 48.7 Å². The van der Waals surface area contributed by atoms with Gasteiger partial charge in [0.05, 0.1) is 11.8 Å². The third-order valence-electron chi connectivity index (χ3n) is 5.27. The number of hydrogen-bond acceptors (Lipinski definition) is 6. The monoisotopic (exact) mass is 441 g/mol. The lowest BCUT2D eigenvalue weighted by molar-refractivity contribution is 0.102. The predicted molar refractivity (Wildman–Crippen MR) is 130 cm³/mol. The van der Waals surface area contributed by atoms with Crippen LogP contribution in [-0.4, -0.2) is 26.5 Å². The highest BCUT2D eigenvalue weighted by molar-refractivity contribution is 6.04. The van der Waals surface area contributed by atoms with Crippen molar-refractivity contribution in [3.63, 3.8) is 0 Å². The largest absolute Gasteiger partial charge is 0.383 e. The van der Waals surface area contributed by atoms with Crippen molar-refractivity contribution >= 4 is 23.0 Å². The number of pyridine rings is 1. The van der Waals surface area contributed by atoms with Crippen LogP contribution >= 0.6 is 0 Å². The average Bonchev–Trinajstić information content (AvgIpc) is 3.45. The molecule has 8 nitrogen and oxygen atoms in total. The van der Waals surface area contributed by atoms with Crippen molar-refractivity contribution in [2.24, 2.45) is 12.0 Å². The van der Waals surface area contributed by atoms with E-state index in [1.54, 1.807) is 17.1 Å². The van der Waals surface area contributed by atoms with Crippen molar-refractivity contribution in [2.75, 3.05) is 5.32 Å². The molecule has 0 fully saturated rings. The van der Waals surface area contributed by atoms with E-state index in [4.69, 9.17) is 0 Å². The van der Waals surface area contributed by atoms with Gasteiger partial charge in [0.15, 0.2) is 0 Å². The fourth-order valence-electron chi connectivity index (χ4n) is 3.47. The number of benzene rings is 1. The van der Waals surface area contributed by atoms with E-state index in [1.807, 2.05) is 75.3 Å². The number of rotatable bonds is 7. The summed E-state index contributed by atoms with van der Waals surface area (Å²) < 4.78 is 1.78. The van der Waals surface area contributed by atoms with Crippen LogP contribution in [-0.2, 0) is 7.05 Å². The van der Waals surface area contributed by atoms with Gasteiger partial charge >= 0.3 is 0 Å². The van der Waals surface area contributed by atoms with Crippen LogP contribution in [0.3, 0.4) is 0 Å². The third-order valence-corrected chi connectivity index (χ3v) is 5.27. The molecule has 1 aliphatic rings. The van der Waals surface area contributed by atoms with Crippen molar-refractivity contribution in [1.82, 2.24) is 25.4 Å². The zero-order valence-corrected chi connectivity index (χ0v) is 18.9. The molecule has 2 aromatic heterocycles. The molecule has 0 bridgehead atoms. The Bertz CT molecular complexity index is 1240. The van der Waals surface area contributed by atoms with Gasteiger partial charge in [-0.15, -0.1) is 0 Å². The topological polar surface area (TPSA) is 96.2 Å². The molecule has 1 atom stereocenters. The summed E-state index contributed by atoms with van der Waals surface area (Å²) in [6.07, 6.45) is 13.4. The lowest BCUT2D eigenvalue weighted by Crippen LogP contribution is -2.18. The molecule has 3 N–H and O–H groups in total. The summed E-state index contributed by atoms with van der Waals surface area (Å²) >= 11 is 0. The molecule has 3 heterocycles. The van der Waals surface area contributed by atoms with E-state index in [-0.39, 0.29) is 11.9 Å². The van der Waals surface area contributed by atoms with Gasteiger partial charge < -0.3 is 16.0 Å². The maximum Gasteiger partial charge on any atom is 0.257 e. The molecule has 1 unspecified atom stereocenters. The van der Waals surface area contributed by atoms with E-state index >= 15 is 0 Å². The van der Waals surface area contributed by atoms with Gasteiger partial charge in [0.2, 0.25) is 0 Å². The smallest absolute Gasteiger partial charge is 0.257 e. The Balaban J connectivity index is 1.27. The van der Waals surface area contributed by atoms with Crippen molar-refractivity contribution in [1.29, 1.82) is 0 Å². The van der Waals surface area contributed by atoms with Crippen LogP contribution in [0.2, 0.25) is 0 Å². The standard InChI is InChI=1S/C25H27N7O/c1-17-9-21(13-26-12-17)25(33)31-23-6-4-5-19(10-23)18(2)27-7-8-28-24-11-20(14-29-24)22-15-30-32(3)16-22/h4-10,12-16,18,27H,11H2,1-3H3,(H,28,29)(H,31,33). The Kier molecular flexibility index (Phi) is 6.64. The number of carbonyl (C=O) groups is 1. The van der Waals surface area contributed by atoms with Crippen LogP contribution in [0.15, 0.2) is 78.7 Å². The SMILES string of the molecule is Cc1cncc(C(=O)Nc2cccc(C(C)NC=CNC3=NC=C(c4cnn(C)c4)C3)c2)c1. The minimum absolute atomic E-state index is 0.0511. The molecule has 0 aliphatic carbocycles. The fraction of sp³-hybridized carbons (Fsp3) is 0.200. The molecule has 0 radical (unpaired) electrons. The van der Waals surface area contributed by atoms with Crippen LogP contribution in [0.25, 0.3) is 5.57 Å². The van der Waals surface area contributed by atoms with E-state index in [0.29, 0.717) is 5.56 Å². The van der Waals surface area contributed by atoms with Crippen LogP contribution in [0.4, 0.5) is 5.69 Å². The number of anilines is 1. The number of aliphatic imine (C=N–C) groups is 1. The minimum Gasteiger partial charge on any atom is -0.383 e. The average molecular weight is 442 g/mol. The first-order valence-electron chi connectivity index (χ1n) is 10.7. The first-order valence-corrected chi connectivity index (χ1v) is 10.7. The van der Waals surface area contributed by atoms with E-state index in [1.165, 1.54) is 0 Å². The van der Waals surface area contributed by atoms with Crippen LogP contribution in [0, 0.1) is 6.92 Å².